The highest BCUT2D eigenvalue weighted by molar-refractivity contribution is 6.05. The fourth-order valence-electron chi connectivity index (χ4n) is 3.00. The smallest absolute Gasteiger partial charge is 0.307 e. The van der Waals surface area contributed by atoms with Gasteiger partial charge in [-0.2, -0.15) is 0 Å². The molecule has 7 nitrogen and oxygen atoms in total. The topological polar surface area (TPSA) is 90.3 Å². The zero-order chi connectivity index (χ0) is 17.5. The Bertz CT molecular complexity index is 740. The highest BCUT2D eigenvalue weighted by atomic mass is 16.6. The van der Waals surface area contributed by atoms with Gasteiger partial charge >= 0.3 is 5.97 Å². The lowest BCUT2D eigenvalue weighted by Gasteiger charge is -2.25. The van der Waals surface area contributed by atoms with Crippen LogP contribution in [-0.2, 0) is 25.7 Å². The van der Waals surface area contributed by atoms with E-state index in [1.54, 1.807) is 31.7 Å². The summed E-state index contributed by atoms with van der Waals surface area (Å²) in [5.41, 5.74) is 1.31. The quantitative estimate of drug-likeness (QED) is 0.819. The predicted molar refractivity (Wildman–Crippen MR) is 86.0 cm³/mol. The van der Waals surface area contributed by atoms with E-state index in [0.717, 1.165) is 5.69 Å². The van der Waals surface area contributed by atoms with E-state index in [9.17, 15) is 14.4 Å². The summed E-state index contributed by atoms with van der Waals surface area (Å²) >= 11 is 0. The number of hydrogen-bond donors (Lipinski definition) is 1. The van der Waals surface area contributed by atoms with Crippen molar-refractivity contribution in [3.05, 3.63) is 23.8 Å². The Morgan fingerprint density at radius 3 is 2.88 bits per heavy atom. The van der Waals surface area contributed by atoms with Gasteiger partial charge in [-0.25, -0.2) is 4.98 Å². The second kappa shape index (κ2) is 5.89. The normalized spacial score (nSPS) is 20.5. The largest absolute Gasteiger partial charge is 0.460 e. The van der Waals surface area contributed by atoms with Gasteiger partial charge in [0.2, 0.25) is 0 Å². The molecule has 24 heavy (non-hydrogen) atoms. The molecule has 0 fully saturated rings. The van der Waals surface area contributed by atoms with Crippen LogP contribution in [0, 0.1) is 0 Å². The molecule has 7 heteroatoms. The van der Waals surface area contributed by atoms with Gasteiger partial charge < -0.3 is 14.6 Å². The van der Waals surface area contributed by atoms with Crippen LogP contribution < -0.4 is 5.32 Å². The van der Waals surface area contributed by atoms with Crippen molar-refractivity contribution in [3.8, 4) is 0 Å². The summed E-state index contributed by atoms with van der Waals surface area (Å²) in [4.78, 5) is 40.8. The minimum Gasteiger partial charge on any atom is -0.460 e. The lowest BCUT2D eigenvalue weighted by Crippen LogP contribution is -2.31. The molecule has 1 aliphatic heterocycles. The van der Waals surface area contributed by atoms with E-state index >= 15 is 0 Å². The molecule has 2 aliphatic rings. The van der Waals surface area contributed by atoms with Gasteiger partial charge in [0.05, 0.1) is 42.3 Å². The number of ether oxygens (including phenoxy) is 1. The van der Waals surface area contributed by atoms with Crippen molar-refractivity contribution in [1.82, 2.24) is 14.9 Å². The summed E-state index contributed by atoms with van der Waals surface area (Å²) in [6.07, 6.45) is 3.41. The van der Waals surface area contributed by atoms with Gasteiger partial charge in [0.15, 0.2) is 11.6 Å². The minimum atomic E-state index is -0.670. The molecule has 1 aromatic rings. The monoisotopic (exact) mass is 331 g/mol. The fraction of sp³-hybridized carbons (Fsp3) is 0.529. The van der Waals surface area contributed by atoms with Crippen molar-refractivity contribution in [2.75, 3.05) is 6.54 Å². The summed E-state index contributed by atoms with van der Waals surface area (Å²) in [6.45, 7) is 6.07. The van der Waals surface area contributed by atoms with Crippen molar-refractivity contribution in [3.63, 3.8) is 0 Å². The molecule has 1 N–H and O–H groups in total. The number of imidazole rings is 1. The molecule has 3 rings (SSSR count). The Kier molecular flexibility index (Phi) is 4.03. The molecule has 0 bridgehead atoms. The highest BCUT2D eigenvalue weighted by Gasteiger charge is 2.35. The summed E-state index contributed by atoms with van der Waals surface area (Å²) in [5, 5.41) is 3.12. The zero-order valence-corrected chi connectivity index (χ0v) is 14.1. The summed E-state index contributed by atoms with van der Waals surface area (Å²) < 4.78 is 7.06. The average Bonchev–Trinajstić information content (AvgIpc) is 2.82. The highest BCUT2D eigenvalue weighted by Crippen LogP contribution is 2.33. The first kappa shape index (κ1) is 16.4. The first-order valence-corrected chi connectivity index (χ1v) is 8.03. The second-order valence-corrected chi connectivity index (χ2v) is 7.13. The lowest BCUT2D eigenvalue weighted by atomic mass is 9.88. The number of esters is 1. The molecule has 1 unspecified atom stereocenters. The van der Waals surface area contributed by atoms with Crippen LogP contribution in [0.25, 0.3) is 5.70 Å². The molecule has 0 radical (unpaired) electrons. The van der Waals surface area contributed by atoms with Crippen LogP contribution in [0.15, 0.2) is 12.4 Å². The van der Waals surface area contributed by atoms with Gasteiger partial charge in [0, 0.05) is 19.0 Å². The summed E-state index contributed by atoms with van der Waals surface area (Å²) in [7, 11) is 0. The first-order valence-electron chi connectivity index (χ1n) is 8.03. The van der Waals surface area contributed by atoms with Crippen LogP contribution in [0.5, 0.6) is 0 Å². The zero-order valence-electron chi connectivity index (χ0n) is 14.1. The van der Waals surface area contributed by atoms with Gasteiger partial charge in [-0.1, -0.05) is 0 Å². The first-order chi connectivity index (χ1) is 11.2. The molecular weight excluding hydrogens is 310 g/mol. The maximum atomic E-state index is 12.5. The Balaban J connectivity index is 1.91. The number of allylic oxidation sites excluding steroid dienone is 1. The van der Waals surface area contributed by atoms with Crippen LogP contribution in [0.4, 0.5) is 0 Å². The van der Waals surface area contributed by atoms with Gasteiger partial charge in [-0.15, -0.1) is 0 Å². The molecule has 1 atom stereocenters. The van der Waals surface area contributed by atoms with Crippen molar-refractivity contribution >= 4 is 23.2 Å². The maximum Gasteiger partial charge on any atom is 0.307 e. The SMILES string of the molecule is CC(C)(C)OC(=O)CC1C(=O)C=C2NCCC(=O)Cn3cnc1c32. The van der Waals surface area contributed by atoms with E-state index in [1.807, 2.05) is 0 Å². The van der Waals surface area contributed by atoms with E-state index in [0.29, 0.717) is 24.4 Å². The number of ketones is 2. The summed E-state index contributed by atoms with van der Waals surface area (Å²) in [6, 6.07) is 0. The van der Waals surface area contributed by atoms with Crippen LogP contribution in [0.2, 0.25) is 0 Å². The molecule has 0 aromatic carbocycles. The standard InChI is InChI=1S/C17H21N3O4/c1-17(2,3)24-14(23)6-11-13(22)7-12-16-15(11)19-9-20(16)8-10(21)4-5-18-12/h7,9,11,18H,4-6,8H2,1-3H3. The van der Waals surface area contributed by atoms with Crippen LogP contribution in [0.1, 0.15) is 50.9 Å². The molecule has 0 saturated heterocycles. The minimum absolute atomic E-state index is 0.0577. The maximum absolute atomic E-state index is 12.5. The number of carbonyl (C=O) groups is 3. The van der Waals surface area contributed by atoms with Gasteiger partial charge in [0.25, 0.3) is 0 Å². The fourth-order valence-corrected chi connectivity index (χ4v) is 3.00. The van der Waals surface area contributed by atoms with E-state index in [2.05, 4.69) is 10.3 Å². The number of rotatable bonds is 2. The van der Waals surface area contributed by atoms with Crippen molar-refractivity contribution in [2.45, 2.75) is 51.7 Å². The Labute approximate surface area is 140 Å². The molecule has 1 aliphatic carbocycles. The molecule has 1 aromatic heterocycles. The van der Waals surface area contributed by atoms with Gasteiger partial charge in [0.1, 0.15) is 5.60 Å². The van der Waals surface area contributed by atoms with Crippen LogP contribution >= 0.6 is 0 Å². The molecule has 0 amide bonds. The Hall–Kier alpha value is -2.44. The third-order valence-electron chi connectivity index (χ3n) is 3.94. The van der Waals surface area contributed by atoms with E-state index < -0.39 is 17.5 Å². The Morgan fingerprint density at radius 1 is 1.42 bits per heavy atom. The van der Waals surface area contributed by atoms with Gasteiger partial charge in [-0.05, 0) is 20.8 Å². The van der Waals surface area contributed by atoms with Crippen LogP contribution in [-0.4, -0.2) is 39.2 Å². The van der Waals surface area contributed by atoms with Crippen LogP contribution in [0.3, 0.4) is 0 Å². The van der Waals surface area contributed by atoms with Crippen molar-refractivity contribution in [2.24, 2.45) is 0 Å². The third kappa shape index (κ3) is 3.25. The third-order valence-corrected chi connectivity index (χ3v) is 3.94. The summed E-state index contributed by atoms with van der Waals surface area (Å²) in [5.74, 6) is -1.18. The van der Waals surface area contributed by atoms with Gasteiger partial charge in [-0.3, -0.25) is 14.4 Å². The average molecular weight is 331 g/mol. The number of nitrogens with one attached hydrogen (secondary N) is 1. The van der Waals surface area contributed by atoms with E-state index in [1.165, 1.54) is 6.08 Å². The number of hydrogen-bond acceptors (Lipinski definition) is 6. The molecule has 128 valence electrons. The Morgan fingerprint density at radius 2 is 2.17 bits per heavy atom. The molecular formula is C17H21N3O4. The van der Waals surface area contributed by atoms with E-state index in [-0.39, 0.29) is 24.5 Å². The number of nitrogens with zero attached hydrogens (tertiary/aromatic N) is 2. The molecule has 0 saturated carbocycles. The molecule has 0 spiro atoms. The number of carbonyl (C=O) groups excluding carboxylic acids is 3. The predicted octanol–water partition coefficient (Wildman–Crippen LogP) is 1.18. The number of aromatic nitrogens is 2. The van der Waals surface area contributed by atoms with E-state index in [4.69, 9.17) is 4.74 Å². The van der Waals surface area contributed by atoms with Crippen molar-refractivity contribution in [1.29, 1.82) is 0 Å². The number of Topliss-reactive ketones (excluding diaryl/α,β-unsaturated/α-hetero) is 1. The molecule has 2 heterocycles. The second-order valence-electron chi connectivity index (χ2n) is 7.13. The van der Waals surface area contributed by atoms with Crippen molar-refractivity contribution < 1.29 is 19.1 Å². The lowest BCUT2D eigenvalue weighted by molar-refractivity contribution is -0.156.